The third-order valence-electron chi connectivity index (χ3n) is 6.04. The molecule has 0 fully saturated rings. The summed E-state index contributed by atoms with van der Waals surface area (Å²) in [5, 5.41) is 14.6. The Labute approximate surface area is 216 Å². The standard InChI is InChI=1S/C26H27F2N5O3S/c1-26(2,3)16(12-33(25(35)36)13-22-30-19-9-4-5-10-20(19)31-22)24-32-21(14-37-24)23(34)29-11-15-17(27)7-6-8-18(15)28/h4-10,14,16H,11-13H2,1-3H3,(H,29,34)(H,30,31)(H,35,36). The lowest BCUT2D eigenvalue weighted by Crippen LogP contribution is -2.37. The predicted molar refractivity (Wildman–Crippen MR) is 136 cm³/mol. The fourth-order valence-electron chi connectivity index (χ4n) is 3.93. The number of hydrogen-bond acceptors (Lipinski definition) is 5. The number of halogens is 2. The van der Waals surface area contributed by atoms with E-state index in [2.05, 4.69) is 20.3 Å². The van der Waals surface area contributed by atoms with Crippen LogP contribution in [-0.4, -0.2) is 43.5 Å². The van der Waals surface area contributed by atoms with Crippen molar-refractivity contribution in [3.05, 3.63) is 81.6 Å². The average molecular weight is 528 g/mol. The summed E-state index contributed by atoms with van der Waals surface area (Å²) in [7, 11) is 0. The number of amides is 2. The van der Waals surface area contributed by atoms with Gasteiger partial charge in [-0.15, -0.1) is 11.3 Å². The molecule has 4 rings (SSSR count). The number of aromatic amines is 1. The number of nitrogens with one attached hydrogen (secondary N) is 2. The number of nitrogens with zero attached hydrogens (tertiary/aromatic N) is 3. The van der Waals surface area contributed by atoms with Gasteiger partial charge in [-0.25, -0.2) is 23.5 Å². The number of aromatic nitrogens is 3. The molecule has 8 nitrogen and oxygen atoms in total. The molecule has 2 aromatic heterocycles. The number of carbonyl (C=O) groups excluding carboxylic acids is 1. The Kier molecular flexibility index (Phi) is 7.53. The zero-order chi connectivity index (χ0) is 26.7. The average Bonchev–Trinajstić information content (AvgIpc) is 3.47. The number of imidazole rings is 1. The Hall–Kier alpha value is -3.86. The van der Waals surface area contributed by atoms with E-state index in [0.717, 1.165) is 23.2 Å². The molecule has 11 heteroatoms. The minimum atomic E-state index is -1.10. The van der Waals surface area contributed by atoms with E-state index in [0.29, 0.717) is 10.8 Å². The first-order chi connectivity index (χ1) is 17.5. The third-order valence-corrected chi connectivity index (χ3v) is 7.00. The summed E-state index contributed by atoms with van der Waals surface area (Å²) < 4.78 is 27.8. The van der Waals surface area contributed by atoms with Crippen LogP contribution in [0.15, 0.2) is 47.8 Å². The quantitative estimate of drug-likeness (QED) is 0.279. The Bertz CT molecular complexity index is 1380. The smallest absolute Gasteiger partial charge is 0.407 e. The summed E-state index contributed by atoms with van der Waals surface area (Å²) >= 11 is 1.24. The fraction of sp³-hybridized carbons (Fsp3) is 0.308. The highest BCUT2D eigenvalue weighted by Gasteiger charge is 2.33. The largest absolute Gasteiger partial charge is 0.465 e. The van der Waals surface area contributed by atoms with Crippen molar-refractivity contribution in [1.82, 2.24) is 25.2 Å². The number of para-hydroxylation sites is 2. The topological polar surface area (TPSA) is 111 Å². The van der Waals surface area contributed by atoms with E-state index in [1.54, 1.807) is 5.38 Å². The van der Waals surface area contributed by atoms with E-state index in [-0.39, 0.29) is 42.2 Å². The van der Waals surface area contributed by atoms with Gasteiger partial charge in [0.1, 0.15) is 23.2 Å². The van der Waals surface area contributed by atoms with Crippen molar-refractivity contribution in [3.63, 3.8) is 0 Å². The zero-order valence-electron chi connectivity index (χ0n) is 20.6. The Morgan fingerprint density at radius 3 is 2.46 bits per heavy atom. The molecule has 0 spiro atoms. The predicted octanol–water partition coefficient (Wildman–Crippen LogP) is 5.54. The molecule has 1 atom stereocenters. The van der Waals surface area contributed by atoms with Crippen molar-refractivity contribution in [1.29, 1.82) is 0 Å². The molecule has 194 valence electrons. The van der Waals surface area contributed by atoms with Gasteiger partial charge >= 0.3 is 6.09 Å². The van der Waals surface area contributed by atoms with Gasteiger partial charge in [0.05, 0.1) is 22.6 Å². The van der Waals surface area contributed by atoms with Gasteiger partial charge in [-0.1, -0.05) is 39.0 Å². The van der Waals surface area contributed by atoms with Crippen molar-refractivity contribution >= 4 is 34.4 Å². The van der Waals surface area contributed by atoms with Gasteiger partial charge in [-0.3, -0.25) is 4.79 Å². The van der Waals surface area contributed by atoms with Crippen LogP contribution in [0.2, 0.25) is 0 Å². The molecule has 0 aliphatic carbocycles. The molecule has 0 aliphatic rings. The van der Waals surface area contributed by atoms with Gasteiger partial charge in [-0.05, 0) is 29.7 Å². The van der Waals surface area contributed by atoms with E-state index in [9.17, 15) is 23.5 Å². The Morgan fingerprint density at radius 2 is 1.81 bits per heavy atom. The molecule has 1 unspecified atom stereocenters. The zero-order valence-corrected chi connectivity index (χ0v) is 21.4. The molecular formula is C26H27F2N5O3S. The minimum absolute atomic E-state index is 0.0590. The number of hydrogen-bond donors (Lipinski definition) is 3. The fourth-order valence-corrected chi connectivity index (χ4v) is 5.06. The van der Waals surface area contributed by atoms with E-state index < -0.39 is 23.6 Å². The number of benzene rings is 2. The van der Waals surface area contributed by atoms with E-state index in [1.807, 2.05) is 45.0 Å². The maximum absolute atomic E-state index is 13.9. The minimum Gasteiger partial charge on any atom is -0.465 e. The molecule has 0 bridgehead atoms. The first kappa shape index (κ1) is 26.2. The molecule has 2 amide bonds. The Balaban J connectivity index is 1.50. The summed E-state index contributed by atoms with van der Waals surface area (Å²) in [6, 6.07) is 11.0. The molecular weight excluding hydrogens is 500 g/mol. The van der Waals surface area contributed by atoms with Crippen LogP contribution in [-0.2, 0) is 13.1 Å². The molecule has 0 aliphatic heterocycles. The molecule has 4 aromatic rings. The van der Waals surface area contributed by atoms with E-state index in [1.165, 1.54) is 22.3 Å². The lowest BCUT2D eigenvalue weighted by atomic mass is 9.80. The molecule has 2 aromatic carbocycles. The van der Waals surface area contributed by atoms with Gasteiger partial charge in [0.15, 0.2) is 0 Å². The lowest BCUT2D eigenvalue weighted by Gasteiger charge is -2.32. The van der Waals surface area contributed by atoms with Gasteiger partial charge in [0.2, 0.25) is 0 Å². The van der Waals surface area contributed by atoms with Gasteiger partial charge in [-0.2, -0.15) is 0 Å². The maximum atomic E-state index is 13.9. The van der Waals surface area contributed by atoms with Crippen LogP contribution >= 0.6 is 11.3 Å². The second kappa shape index (κ2) is 10.6. The highest BCUT2D eigenvalue weighted by Crippen LogP contribution is 2.37. The number of fused-ring (bicyclic) bond motifs is 1. The molecule has 0 radical (unpaired) electrons. The number of rotatable bonds is 8. The first-order valence-electron chi connectivity index (χ1n) is 11.6. The van der Waals surface area contributed by atoms with E-state index in [4.69, 9.17) is 0 Å². The number of H-pyrrole nitrogens is 1. The molecule has 0 saturated carbocycles. The van der Waals surface area contributed by atoms with Crippen LogP contribution in [0.4, 0.5) is 13.6 Å². The maximum Gasteiger partial charge on any atom is 0.407 e. The lowest BCUT2D eigenvalue weighted by molar-refractivity contribution is 0.0944. The van der Waals surface area contributed by atoms with Crippen LogP contribution in [0.5, 0.6) is 0 Å². The van der Waals surface area contributed by atoms with Crippen molar-refractivity contribution in [3.8, 4) is 0 Å². The second-order valence-electron chi connectivity index (χ2n) is 9.74. The van der Waals surface area contributed by atoms with Crippen molar-refractivity contribution < 1.29 is 23.5 Å². The van der Waals surface area contributed by atoms with Crippen molar-refractivity contribution in [2.75, 3.05) is 6.54 Å². The summed E-state index contributed by atoms with van der Waals surface area (Å²) in [6.07, 6.45) is -1.10. The van der Waals surface area contributed by atoms with Crippen LogP contribution in [0, 0.1) is 17.0 Å². The molecule has 37 heavy (non-hydrogen) atoms. The number of carbonyl (C=O) groups is 2. The van der Waals surface area contributed by atoms with Crippen LogP contribution in [0.3, 0.4) is 0 Å². The SMILES string of the molecule is CC(C)(C)C(CN(Cc1nc2ccccc2[nH]1)C(=O)O)c1nc(C(=O)NCc2c(F)cccc2F)cs1. The van der Waals surface area contributed by atoms with Crippen molar-refractivity contribution in [2.45, 2.75) is 39.8 Å². The monoisotopic (exact) mass is 527 g/mol. The number of thiazole rings is 1. The summed E-state index contributed by atoms with van der Waals surface area (Å²) in [6.45, 7) is 5.79. The normalized spacial score (nSPS) is 12.5. The van der Waals surface area contributed by atoms with Gasteiger partial charge < -0.3 is 20.3 Å². The summed E-state index contributed by atoms with van der Waals surface area (Å²) in [5.41, 5.74) is 1.05. The van der Waals surface area contributed by atoms with Crippen LogP contribution in [0.1, 0.15) is 53.6 Å². The first-order valence-corrected chi connectivity index (χ1v) is 12.5. The third kappa shape index (κ3) is 6.11. The van der Waals surface area contributed by atoms with Gasteiger partial charge in [0.25, 0.3) is 5.91 Å². The van der Waals surface area contributed by atoms with E-state index >= 15 is 0 Å². The Morgan fingerprint density at radius 1 is 1.11 bits per heavy atom. The highest BCUT2D eigenvalue weighted by atomic mass is 32.1. The van der Waals surface area contributed by atoms with Crippen LogP contribution < -0.4 is 5.32 Å². The summed E-state index contributed by atoms with van der Waals surface area (Å²) in [4.78, 5) is 38.2. The number of carboxylic acid groups (broad SMARTS) is 1. The van der Waals surface area contributed by atoms with Gasteiger partial charge in [0, 0.05) is 30.0 Å². The summed E-state index contributed by atoms with van der Waals surface area (Å²) in [5.74, 6) is -1.87. The van der Waals surface area contributed by atoms with Crippen LogP contribution in [0.25, 0.3) is 11.0 Å². The van der Waals surface area contributed by atoms with Crippen molar-refractivity contribution in [2.24, 2.45) is 5.41 Å². The molecule has 0 saturated heterocycles. The second-order valence-corrected chi connectivity index (χ2v) is 10.6. The molecule has 3 N–H and O–H groups in total. The highest BCUT2D eigenvalue weighted by molar-refractivity contribution is 7.10. The molecule has 2 heterocycles.